The number of sulfonamides is 1. The van der Waals surface area contributed by atoms with Gasteiger partial charge < -0.3 is 15.4 Å². The Morgan fingerprint density at radius 2 is 2.22 bits per heavy atom. The highest BCUT2D eigenvalue weighted by molar-refractivity contribution is 7.89. The van der Waals surface area contributed by atoms with Crippen LogP contribution in [0.3, 0.4) is 0 Å². The number of hydrogen-bond donors (Lipinski definition) is 3. The number of nitrogens with one attached hydrogen (secondary N) is 1. The Balaban J connectivity index is 3.05. The second-order valence-corrected chi connectivity index (χ2v) is 5.40. The van der Waals surface area contributed by atoms with Crippen molar-refractivity contribution < 1.29 is 22.8 Å². The smallest absolute Gasteiger partial charge is 0.321 e. The number of rotatable bonds is 6. The van der Waals surface area contributed by atoms with Crippen LogP contribution in [0.25, 0.3) is 0 Å². The number of aryl methyl sites for hydroxylation is 1. The average molecular weight is 277 g/mol. The van der Waals surface area contributed by atoms with Gasteiger partial charge in [-0.3, -0.25) is 4.79 Å². The lowest BCUT2D eigenvalue weighted by Crippen LogP contribution is -2.40. The Morgan fingerprint density at radius 3 is 2.61 bits per heavy atom. The van der Waals surface area contributed by atoms with Crippen molar-refractivity contribution in [3.63, 3.8) is 0 Å². The number of nitrogen functional groups attached to an aromatic ring is 1. The second kappa shape index (κ2) is 5.36. The molecule has 8 nitrogen and oxygen atoms in total. The molecule has 0 aliphatic carbocycles. The predicted molar refractivity (Wildman–Crippen MR) is 62.3 cm³/mol. The number of aromatic nitrogens is 1. The summed E-state index contributed by atoms with van der Waals surface area (Å²) in [6.45, 7) is 3.14. The van der Waals surface area contributed by atoms with Crippen molar-refractivity contribution in [2.45, 2.75) is 37.6 Å². The first-order valence-electron chi connectivity index (χ1n) is 5.26. The molecule has 1 unspecified atom stereocenters. The lowest BCUT2D eigenvalue weighted by atomic mass is 10.2. The van der Waals surface area contributed by atoms with Crippen LogP contribution in [-0.4, -0.2) is 30.7 Å². The van der Waals surface area contributed by atoms with Gasteiger partial charge in [0.05, 0.1) is 0 Å². The number of aliphatic carboxylic acids is 1. The zero-order valence-electron chi connectivity index (χ0n) is 10.0. The van der Waals surface area contributed by atoms with E-state index in [1.54, 1.807) is 6.92 Å². The van der Waals surface area contributed by atoms with Gasteiger partial charge in [0.2, 0.25) is 10.0 Å². The Bertz CT molecular complexity index is 517. The van der Waals surface area contributed by atoms with E-state index in [0.29, 0.717) is 6.42 Å². The maximum atomic E-state index is 12.0. The molecule has 0 spiro atoms. The van der Waals surface area contributed by atoms with Crippen LogP contribution in [-0.2, 0) is 14.8 Å². The van der Waals surface area contributed by atoms with Gasteiger partial charge in [-0.2, -0.15) is 4.72 Å². The van der Waals surface area contributed by atoms with Crippen molar-refractivity contribution in [3.8, 4) is 0 Å². The van der Waals surface area contributed by atoms with Crippen molar-refractivity contribution in [1.29, 1.82) is 0 Å². The maximum Gasteiger partial charge on any atom is 0.321 e. The molecule has 1 aromatic heterocycles. The van der Waals surface area contributed by atoms with E-state index in [0.717, 1.165) is 0 Å². The first-order valence-corrected chi connectivity index (χ1v) is 6.74. The van der Waals surface area contributed by atoms with Gasteiger partial charge in [-0.15, -0.1) is 0 Å². The van der Waals surface area contributed by atoms with Gasteiger partial charge in [-0.25, -0.2) is 8.42 Å². The molecule has 18 heavy (non-hydrogen) atoms. The number of carboxylic acids is 1. The number of carbonyl (C=O) groups is 1. The topological polar surface area (TPSA) is 136 Å². The molecular weight excluding hydrogens is 262 g/mol. The third kappa shape index (κ3) is 2.99. The van der Waals surface area contributed by atoms with Gasteiger partial charge in [0, 0.05) is 0 Å². The Labute approximate surface area is 104 Å². The van der Waals surface area contributed by atoms with Gasteiger partial charge in [-0.1, -0.05) is 18.5 Å². The number of nitrogens with zero attached hydrogens (tertiary/aromatic N) is 1. The quantitative estimate of drug-likeness (QED) is 0.670. The summed E-state index contributed by atoms with van der Waals surface area (Å²) in [5, 5.41) is 12.2. The summed E-state index contributed by atoms with van der Waals surface area (Å²) in [7, 11) is -4.06. The van der Waals surface area contributed by atoms with Gasteiger partial charge in [0.1, 0.15) is 6.04 Å². The molecule has 0 saturated carbocycles. The van der Waals surface area contributed by atoms with Crippen LogP contribution in [0.1, 0.15) is 25.5 Å². The summed E-state index contributed by atoms with van der Waals surface area (Å²) in [5.74, 6) is -1.52. The van der Waals surface area contributed by atoms with E-state index in [-0.39, 0.29) is 22.9 Å². The predicted octanol–water partition coefficient (Wildman–Crippen LogP) is 0.0968. The summed E-state index contributed by atoms with van der Waals surface area (Å²) < 4.78 is 30.7. The SMILES string of the molecule is CCCC(NS(=O)(=O)c1c(N)noc1C)C(=O)O. The number of anilines is 1. The first kappa shape index (κ1) is 14.5. The minimum absolute atomic E-state index is 0.0145. The van der Waals surface area contributed by atoms with Crippen molar-refractivity contribution in [2.24, 2.45) is 0 Å². The highest BCUT2D eigenvalue weighted by Crippen LogP contribution is 2.21. The summed E-state index contributed by atoms with van der Waals surface area (Å²) in [6, 6.07) is -1.20. The fourth-order valence-electron chi connectivity index (χ4n) is 1.48. The van der Waals surface area contributed by atoms with E-state index in [9.17, 15) is 13.2 Å². The molecule has 0 aliphatic rings. The van der Waals surface area contributed by atoms with Gasteiger partial charge in [-0.05, 0) is 13.3 Å². The van der Waals surface area contributed by atoms with Crippen molar-refractivity contribution in [2.75, 3.05) is 5.73 Å². The van der Waals surface area contributed by atoms with Crippen LogP contribution in [0, 0.1) is 6.92 Å². The second-order valence-electron chi connectivity index (χ2n) is 3.75. The summed E-state index contributed by atoms with van der Waals surface area (Å²) in [4.78, 5) is 10.6. The van der Waals surface area contributed by atoms with Crippen LogP contribution < -0.4 is 10.5 Å². The molecule has 1 rings (SSSR count). The summed E-state index contributed by atoms with van der Waals surface area (Å²) in [5.41, 5.74) is 5.38. The van der Waals surface area contributed by atoms with E-state index in [1.807, 2.05) is 0 Å². The van der Waals surface area contributed by atoms with E-state index in [4.69, 9.17) is 10.8 Å². The van der Waals surface area contributed by atoms with E-state index >= 15 is 0 Å². The zero-order chi connectivity index (χ0) is 13.9. The molecule has 102 valence electrons. The van der Waals surface area contributed by atoms with Crippen molar-refractivity contribution in [3.05, 3.63) is 5.76 Å². The molecule has 0 amide bonds. The lowest BCUT2D eigenvalue weighted by Gasteiger charge is -2.13. The van der Waals surface area contributed by atoms with E-state index in [1.165, 1.54) is 6.92 Å². The van der Waals surface area contributed by atoms with E-state index < -0.39 is 22.0 Å². The van der Waals surface area contributed by atoms with E-state index in [2.05, 4.69) is 14.4 Å². The molecule has 0 radical (unpaired) electrons. The Hall–Kier alpha value is -1.61. The average Bonchev–Trinajstić information content (AvgIpc) is 2.58. The van der Waals surface area contributed by atoms with Crippen molar-refractivity contribution >= 4 is 21.8 Å². The van der Waals surface area contributed by atoms with Crippen LogP contribution >= 0.6 is 0 Å². The summed E-state index contributed by atoms with van der Waals surface area (Å²) in [6.07, 6.45) is 0.705. The normalized spacial score (nSPS) is 13.4. The van der Waals surface area contributed by atoms with Crippen LogP contribution in [0.15, 0.2) is 9.42 Å². The maximum absolute atomic E-state index is 12.0. The molecule has 0 fully saturated rings. The fourth-order valence-corrected chi connectivity index (χ4v) is 2.91. The van der Waals surface area contributed by atoms with Gasteiger partial charge >= 0.3 is 5.97 Å². The fraction of sp³-hybridized carbons (Fsp3) is 0.556. The van der Waals surface area contributed by atoms with Gasteiger partial charge in [0.25, 0.3) is 0 Å². The van der Waals surface area contributed by atoms with Crippen LogP contribution in [0.4, 0.5) is 5.82 Å². The highest BCUT2D eigenvalue weighted by Gasteiger charge is 2.30. The molecule has 4 N–H and O–H groups in total. The van der Waals surface area contributed by atoms with Gasteiger partial charge in [0.15, 0.2) is 16.5 Å². The standard InChI is InChI=1S/C9H15N3O5S/c1-3-4-6(9(13)14)12-18(15,16)7-5(2)17-11-8(7)10/h6,12H,3-4H2,1-2H3,(H2,10,11)(H,13,14). The monoisotopic (exact) mass is 277 g/mol. The Kier molecular flexibility index (Phi) is 4.30. The minimum Gasteiger partial charge on any atom is -0.480 e. The molecule has 1 heterocycles. The largest absolute Gasteiger partial charge is 0.480 e. The first-order chi connectivity index (χ1) is 8.29. The molecule has 9 heteroatoms. The molecule has 0 aromatic carbocycles. The molecular formula is C9H15N3O5S. The third-order valence-corrected chi connectivity index (χ3v) is 3.90. The Morgan fingerprint density at radius 1 is 1.61 bits per heavy atom. The van der Waals surface area contributed by atoms with Crippen molar-refractivity contribution in [1.82, 2.24) is 9.88 Å². The molecule has 1 aromatic rings. The lowest BCUT2D eigenvalue weighted by molar-refractivity contribution is -0.139. The van der Waals surface area contributed by atoms with Crippen LogP contribution in [0.5, 0.6) is 0 Å². The molecule has 0 aliphatic heterocycles. The van der Waals surface area contributed by atoms with Crippen LogP contribution in [0.2, 0.25) is 0 Å². The zero-order valence-corrected chi connectivity index (χ0v) is 10.8. The third-order valence-electron chi connectivity index (χ3n) is 2.27. The minimum atomic E-state index is -4.06. The number of carboxylic acid groups (broad SMARTS) is 1. The molecule has 0 saturated heterocycles. The number of nitrogens with two attached hydrogens (primary N) is 1. The highest BCUT2D eigenvalue weighted by atomic mass is 32.2. The summed E-state index contributed by atoms with van der Waals surface area (Å²) >= 11 is 0. The number of hydrogen-bond acceptors (Lipinski definition) is 6. The molecule has 0 bridgehead atoms. The molecule has 1 atom stereocenters.